The van der Waals surface area contributed by atoms with Gasteiger partial charge < -0.3 is 20.3 Å². The lowest BCUT2D eigenvalue weighted by atomic mass is 10.1. The Morgan fingerprint density at radius 3 is 3.06 bits per heavy atom. The first-order valence-electron chi connectivity index (χ1n) is 5.51. The van der Waals surface area contributed by atoms with Crippen molar-refractivity contribution in [2.45, 2.75) is 6.42 Å². The fourth-order valence-electron chi connectivity index (χ4n) is 1.82. The second-order valence-corrected chi connectivity index (χ2v) is 4.07. The maximum atomic E-state index is 11.1. The van der Waals surface area contributed by atoms with Crippen molar-refractivity contribution >= 4 is 11.7 Å². The molecular formula is C12H15NO4. The molecule has 1 saturated heterocycles. The van der Waals surface area contributed by atoms with Crippen LogP contribution in [0.3, 0.4) is 0 Å². The van der Waals surface area contributed by atoms with Crippen LogP contribution in [0.4, 0.5) is 5.69 Å². The van der Waals surface area contributed by atoms with E-state index in [4.69, 9.17) is 20.3 Å². The predicted octanol–water partition coefficient (Wildman–Crippen LogP) is 1.38. The van der Waals surface area contributed by atoms with E-state index in [-0.39, 0.29) is 11.3 Å². The monoisotopic (exact) mass is 237 g/mol. The molecule has 1 atom stereocenters. The molecule has 2 rings (SSSR count). The molecule has 0 spiro atoms. The first-order valence-corrected chi connectivity index (χ1v) is 5.51. The molecule has 5 heteroatoms. The number of carbonyl (C=O) groups is 1. The summed E-state index contributed by atoms with van der Waals surface area (Å²) in [5.74, 6) is -0.414. The third-order valence-corrected chi connectivity index (χ3v) is 2.77. The number of nitrogens with two attached hydrogens (primary N) is 1. The lowest BCUT2D eigenvalue weighted by Gasteiger charge is -2.13. The normalized spacial score (nSPS) is 19.2. The van der Waals surface area contributed by atoms with Crippen molar-refractivity contribution in [3.8, 4) is 5.75 Å². The third kappa shape index (κ3) is 2.68. The summed E-state index contributed by atoms with van der Waals surface area (Å²) in [6, 6.07) is 4.85. The Bertz CT molecular complexity index is 413. The highest BCUT2D eigenvalue weighted by Gasteiger charge is 2.19. The lowest BCUT2D eigenvalue weighted by Crippen LogP contribution is -2.14. The number of rotatable bonds is 4. The Kier molecular flexibility index (Phi) is 3.49. The molecule has 1 aliphatic rings. The summed E-state index contributed by atoms with van der Waals surface area (Å²) < 4.78 is 10.7. The Balaban J connectivity index is 2.09. The van der Waals surface area contributed by atoms with Crippen molar-refractivity contribution in [2.75, 3.05) is 25.6 Å². The fourth-order valence-corrected chi connectivity index (χ4v) is 1.82. The first-order chi connectivity index (χ1) is 8.18. The van der Waals surface area contributed by atoms with Gasteiger partial charge in [0.2, 0.25) is 0 Å². The summed E-state index contributed by atoms with van der Waals surface area (Å²) in [6.07, 6.45) is 0.949. The number of carboxylic acid groups (broad SMARTS) is 1. The van der Waals surface area contributed by atoms with Gasteiger partial charge in [-0.25, -0.2) is 4.79 Å². The average Bonchev–Trinajstić information content (AvgIpc) is 2.78. The Hall–Kier alpha value is -1.75. The molecule has 0 amide bonds. The molecule has 17 heavy (non-hydrogen) atoms. The van der Waals surface area contributed by atoms with Gasteiger partial charge in [-0.2, -0.15) is 0 Å². The number of hydrogen-bond donors (Lipinski definition) is 2. The lowest BCUT2D eigenvalue weighted by molar-refractivity contribution is 0.0692. The highest BCUT2D eigenvalue weighted by Crippen LogP contribution is 2.25. The predicted molar refractivity (Wildman–Crippen MR) is 62.2 cm³/mol. The third-order valence-electron chi connectivity index (χ3n) is 2.77. The van der Waals surface area contributed by atoms with Crippen LogP contribution in [0.5, 0.6) is 5.75 Å². The van der Waals surface area contributed by atoms with Crippen molar-refractivity contribution < 1.29 is 19.4 Å². The van der Waals surface area contributed by atoms with Crippen LogP contribution < -0.4 is 10.5 Å². The maximum Gasteiger partial charge on any atom is 0.341 e. The number of aromatic carboxylic acids is 1. The zero-order valence-electron chi connectivity index (χ0n) is 9.39. The van der Waals surface area contributed by atoms with Crippen LogP contribution in [-0.4, -0.2) is 30.9 Å². The summed E-state index contributed by atoms with van der Waals surface area (Å²) in [4.78, 5) is 11.1. The van der Waals surface area contributed by atoms with Gasteiger partial charge in [0.1, 0.15) is 11.3 Å². The molecule has 5 nitrogen and oxygen atoms in total. The summed E-state index contributed by atoms with van der Waals surface area (Å²) >= 11 is 0. The van der Waals surface area contributed by atoms with E-state index in [1.807, 2.05) is 0 Å². The molecule has 1 aromatic carbocycles. The van der Waals surface area contributed by atoms with Gasteiger partial charge in [0.05, 0.1) is 13.2 Å². The molecule has 0 radical (unpaired) electrons. The summed E-state index contributed by atoms with van der Waals surface area (Å²) in [7, 11) is 0. The van der Waals surface area contributed by atoms with Gasteiger partial charge in [-0.1, -0.05) is 6.07 Å². The molecule has 3 N–H and O–H groups in total. The van der Waals surface area contributed by atoms with Gasteiger partial charge >= 0.3 is 5.97 Å². The van der Waals surface area contributed by atoms with Crippen molar-refractivity contribution in [3.63, 3.8) is 0 Å². The number of ether oxygens (including phenoxy) is 2. The summed E-state index contributed by atoms with van der Waals surface area (Å²) in [5.41, 5.74) is 5.87. The summed E-state index contributed by atoms with van der Waals surface area (Å²) in [5, 5.41) is 9.05. The van der Waals surface area contributed by atoms with Crippen molar-refractivity contribution in [1.82, 2.24) is 0 Å². The number of benzene rings is 1. The van der Waals surface area contributed by atoms with Gasteiger partial charge in [-0.3, -0.25) is 0 Å². The van der Waals surface area contributed by atoms with Crippen LogP contribution in [0.1, 0.15) is 16.8 Å². The van der Waals surface area contributed by atoms with E-state index in [1.54, 1.807) is 18.2 Å². The van der Waals surface area contributed by atoms with Gasteiger partial charge in [0.25, 0.3) is 0 Å². The molecule has 1 aromatic rings. The maximum absolute atomic E-state index is 11.1. The number of hydrogen-bond acceptors (Lipinski definition) is 4. The number of carboxylic acids is 1. The standard InChI is InChI=1S/C12H15NO4/c13-9-2-1-3-10(11(9)12(14)15)17-7-8-4-5-16-6-8/h1-3,8H,4-7,13H2,(H,14,15). The first kappa shape index (κ1) is 11.7. The van der Waals surface area contributed by atoms with Crippen LogP contribution in [0.25, 0.3) is 0 Å². The Morgan fingerprint density at radius 2 is 2.41 bits per heavy atom. The van der Waals surface area contributed by atoms with Gasteiger partial charge in [-0.05, 0) is 18.6 Å². The van der Waals surface area contributed by atoms with E-state index in [0.717, 1.165) is 13.0 Å². The van der Waals surface area contributed by atoms with Crippen LogP contribution >= 0.6 is 0 Å². The molecular weight excluding hydrogens is 222 g/mol. The SMILES string of the molecule is Nc1cccc(OCC2CCOC2)c1C(=O)O. The van der Waals surface area contributed by atoms with E-state index in [0.29, 0.717) is 24.9 Å². The van der Waals surface area contributed by atoms with Crippen molar-refractivity contribution in [2.24, 2.45) is 5.92 Å². The number of anilines is 1. The minimum absolute atomic E-state index is 0.0337. The quantitative estimate of drug-likeness (QED) is 0.773. The smallest absolute Gasteiger partial charge is 0.341 e. The molecule has 1 unspecified atom stereocenters. The average molecular weight is 237 g/mol. The Labute approximate surface area is 99.1 Å². The second kappa shape index (κ2) is 5.05. The molecule has 0 aromatic heterocycles. The highest BCUT2D eigenvalue weighted by atomic mass is 16.5. The molecule has 0 aliphatic carbocycles. The fraction of sp³-hybridized carbons (Fsp3) is 0.417. The topological polar surface area (TPSA) is 81.8 Å². The van der Waals surface area contributed by atoms with E-state index in [9.17, 15) is 4.79 Å². The van der Waals surface area contributed by atoms with Crippen LogP contribution in [-0.2, 0) is 4.74 Å². The highest BCUT2D eigenvalue weighted by molar-refractivity contribution is 5.96. The largest absolute Gasteiger partial charge is 0.492 e. The molecule has 0 saturated carbocycles. The minimum Gasteiger partial charge on any atom is -0.492 e. The minimum atomic E-state index is -1.07. The van der Waals surface area contributed by atoms with E-state index in [2.05, 4.69) is 0 Å². The zero-order valence-corrected chi connectivity index (χ0v) is 9.39. The van der Waals surface area contributed by atoms with Crippen molar-refractivity contribution in [1.29, 1.82) is 0 Å². The van der Waals surface area contributed by atoms with Crippen LogP contribution in [0, 0.1) is 5.92 Å². The van der Waals surface area contributed by atoms with Gasteiger partial charge in [0.15, 0.2) is 0 Å². The van der Waals surface area contributed by atoms with Crippen LogP contribution in [0.2, 0.25) is 0 Å². The molecule has 0 bridgehead atoms. The molecule has 1 aliphatic heterocycles. The summed E-state index contributed by atoms with van der Waals surface area (Å²) in [6.45, 7) is 1.88. The van der Waals surface area contributed by atoms with Crippen molar-refractivity contribution in [3.05, 3.63) is 23.8 Å². The van der Waals surface area contributed by atoms with E-state index >= 15 is 0 Å². The molecule has 92 valence electrons. The van der Waals surface area contributed by atoms with Gasteiger partial charge in [-0.15, -0.1) is 0 Å². The zero-order chi connectivity index (χ0) is 12.3. The molecule has 1 heterocycles. The second-order valence-electron chi connectivity index (χ2n) is 4.07. The van der Waals surface area contributed by atoms with E-state index < -0.39 is 5.97 Å². The number of nitrogen functional groups attached to an aromatic ring is 1. The van der Waals surface area contributed by atoms with Crippen LogP contribution in [0.15, 0.2) is 18.2 Å². The van der Waals surface area contributed by atoms with Gasteiger partial charge in [0, 0.05) is 18.2 Å². The van der Waals surface area contributed by atoms with E-state index in [1.165, 1.54) is 0 Å². The Morgan fingerprint density at radius 1 is 1.59 bits per heavy atom. The molecule has 1 fully saturated rings.